The molecular formula is C15H17NO5S. The minimum absolute atomic E-state index is 0.0375. The molecule has 0 saturated carbocycles. The molecule has 2 aromatic carbocycles. The number of rotatable bonds is 3. The Morgan fingerprint density at radius 1 is 1.05 bits per heavy atom. The summed E-state index contributed by atoms with van der Waals surface area (Å²) in [5.74, 6) is 0.0375. The van der Waals surface area contributed by atoms with E-state index in [1.165, 1.54) is 0 Å². The van der Waals surface area contributed by atoms with E-state index < -0.39 is 10.4 Å². The Morgan fingerprint density at radius 2 is 1.59 bits per heavy atom. The maximum absolute atomic E-state index is 12.0. The highest BCUT2D eigenvalue weighted by Gasteiger charge is 2.06. The van der Waals surface area contributed by atoms with Crippen molar-refractivity contribution in [3.05, 3.63) is 60.3 Å². The van der Waals surface area contributed by atoms with E-state index >= 15 is 0 Å². The van der Waals surface area contributed by atoms with Crippen LogP contribution in [-0.4, -0.2) is 42.3 Å². The molecule has 0 aliphatic heterocycles. The standard InChI is InChI=1S/C15H15NO.H2O4S/c1-16(2)11-10-15(17)14-9-5-7-12-6-3-4-8-13(12)14;1-5(2,3)4/h3-11H,1-2H3;(H2,1,2,3,4)/b11-10+;. The van der Waals surface area contributed by atoms with Crippen LogP contribution in [-0.2, 0) is 10.4 Å². The summed E-state index contributed by atoms with van der Waals surface area (Å²) >= 11 is 0. The van der Waals surface area contributed by atoms with Gasteiger partial charge in [-0.2, -0.15) is 8.42 Å². The number of hydrogen-bond acceptors (Lipinski definition) is 4. The van der Waals surface area contributed by atoms with E-state index in [0.717, 1.165) is 16.3 Å². The molecule has 0 bridgehead atoms. The van der Waals surface area contributed by atoms with Gasteiger partial charge in [-0.3, -0.25) is 13.9 Å². The Balaban J connectivity index is 0.000000422. The Labute approximate surface area is 129 Å². The Hall–Kier alpha value is -2.22. The molecule has 2 N–H and O–H groups in total. The van der Waals surface area contributed by atoms with Crippen molar-refractivity contribution in [3.8, 4) is 0 Å². The van der Waals surface area contributed by atoms with Crippen LogP contribution >= 0.6 is 0 Å². The quantitative estimate of drug-likeness (QED) is 0.512. The number of allylic oxidation sites excluding steroid dienone is 1. The normalized spacial score (nSPS) is 11.1. The van der Waals surface area contributed by atoms with Crippen molar-refractivity contribution in [1.29, 1.82) is 0 Å². The third-order valence-corrected chi connectivity index (χ3v) is 2.58. The van der Waals surface area contributed by atoms with E-state index in [1.54, 1.807) is 12.3 Å². The summed E-state index contributed by atoms with van der Waals surface area (Å²) in [4.78, 5) is 13.9. The molecular weight excluding hydrogens is 306 g/mol. The van der Waals surface area contributed by atoms with E-state index in [-0.39, 0.29) is 5.78 Å². The molecule has 0 atom stereocenters. The first-order valence-electron chi connectivity index (χ1n) is 6.25. The highest BCUT2D eigenvalue weighted by atomic mass is 32.3. The summed E-state index contributed by atoms with van der Waals surface area (Å²) in [6.07, 6.45) is 3.37. The van der Waals surface area contributed by atoms with Gasteiger partial charge in [-0.1, -0.05) is 42.5 Å². The van der Waals surface area contributed by atoms with Crippen molar-refractivity contribution < 1.29 is 22.3 Å². The average Bonchev–Trinajstić information content (AvgIpc) is 2.42. The second kappa shape index (κ2) is 7.69. The monoisotopic (exact) mass is 323 g/mol. The first kappa shape index (κ1) is 17.8. The van der Waals surface area contributed by atoms with Crippen LogP contribution in [0.4, 0.5) is 0 Å². The number of hydrogen-bond donors (Lipinski definition) is 2. The van der Waals surface area contributed by atoms with Crippen LogP contribution in [0.3, 0.4) is 0 Å². The maximum Gasteiger partial charge on any atom is 0.394 e. The van der Waals surface area contributed by atoms with Crippen LogP contribution in [0.1, 0.15) is 10.4 Å². The van der Waals surface area contributed by atoms with Gasteiger partial charge in [0, 0.05) is 31.9 Å². The highest BCUT2D eigenvalue weighted by Crippen LogP contribution is 2.19. The van der Waals surface area contributed by atoms with Crippen LogP contribution in [0.2, 0.25) is 0 Å². The molecule has 0 fully saturated rings. The van der Waals surface area contributed by atoms with Gasteiger partial charge < -0.3 is 4.90 Å². The Kier molecular flexibility index (Phi) is 6.24. The van der Waals surface area contributed by atoms with Gasteiger partial charge in [-0.25, -0.2) is 0 Å². The van der Waals surface area contributed by atoms with Crippen LogP contribution in [0, 0.1) is 0 Å². The zero-order valence-electron chi connectivity index (χ0n) is 12.2. The molecule has 0 amide bonds. The fourth-order valence-corrected chi connectivity index (χ4v) is 1.75. The molecule has 0 spiro atoms. The van der Waals surface area contributed by atoms with Gasteiger partial charge in [0.1, 0.15) is 0 Å². The lowest BCUT2D eigenvalue weighted by molar-refractivity contribution is 0.104. The summed E-state index contributed by atoms with van der Waals surface area (Å²) in [6, 6.07) is 13.7. The third-order valence-electron chi connectivity index (χ3n) is 2.58. The lowest BCUT2D eigenvalue weighted by atomic mass is 10.0. The molecule has 22 heavy (non-hydrogen) atoms. The minimum atomic E-state index is -4.67. The Morgan fingerprint density at radius 3 is 2.18 bits per heavy atom. The first-order valence-corrected chi connectivity index (χ1v) is 7.65. The van der Waals surface area contributed by atoms with Crippen LogP contribution in [0.15, 0.2) is 54.7 Å². The number of benzene rings is 2. The lowest BCUT2D eigenvalue weighted by Gasteiger charge is -2.05. The van der Waals surface area contributed by atoms with Crippen molar-refractivity contribution in [3.63, 3.8) is 0 Å². The molecule has 6 nitrogen and oxygen atoms in total. The largest absolute Gasteiger partial charge is 0.394 e. The Bertz CT molecular complexity index is 768. The zero-order chi connectivity index (χ0) is 16.8. The molecule has 2 aromatic rings. The van der Waals surface area contributed by atoms with Crippen LogP contribution in [0.5, 0.6) is 0 Å². The molecule has 0 unspecified atom stereocenters. The second-order valence-electron chi connectivity index (χ2n) is 4.62. The smallest absolute Gasteiger partial charge is 0.383 e. The average molecular weight is 323 g/mol. The van der Waals surface area contributed by atoms with Crippen molar-refractivity contribution in [2.75, 3.05) is 14.1 Å². The number of nitrogens with zero attached hydrogens (tertiary/aromatic N) is 1. The van der Waals surface area contributed by atoms with Crippen molar-refractivity contribution in [2.45, 2.75) is 0 Å². The van der Waals surface area contributed by atoms with Gasteiger partial charge in [0.15, 0.2) is 5.78 Å². The zero-order valence-corrected chi connectivity index (χ0v) is 13.0. The van der Waals surface area contributed by atoms with Crippen molar-refractivity contribution in [2.24, 2.45) is 0 Å². The maximum atomic E-state index is 12.0. The summed E-state index contributed by atoms with van der Waals surface area (Å²) < 4.78 is 31.6. The van der Waals surface area contributed by atoms with Crippen molar-refractivity contribution in [1.82, 2.24) is 4.90 Å². The summed E-state index contributed by atoms with van der Waals surface area (Å²) in [7, 11) is -0.875. The van der Waals surface area contributed by atoms with Crippen molar-refractivity contribution >= 4 is 27.0 Å². The van der Waals surface area contributed by atoms with Gasteiger partial charge >= 0.3 is 10.4 Å². The predicted octanol–water partition coefficient (Wildman–Crippen LogP) is 2.45. The predicted molar refractivity (Wildman–Crippen MR) is 85.3 cm³/mol. The van der Waals surface area contributed by atoms with Gasteiger partial charge in [-0.05, 0) is 10.8 Å². The number of carbonyl (C=O) groups is 1. The number of ketones is 1. The molecule has 2 rings (SSSR count). The number of fused-ring (bicyclic) bond motifs is 1. The number of carbonyl (C=O) groups excluding carboxylic acids is 1. The highest BCUT2D eigenvalue weighted by molar-refractivity contribution is 7.79. The molecule has 0 aromatic heterocycles. The van der Waals surface area contributed by atoms with Gasteiger partial charge in [0.25, 0.3) is 0 Å². The SMILES string of the molecule is CN(C)/C=C/C(=O)c1cccc2ccccc12.O=S(=O)(O)O. The van der Waals surface area contributed by atoms with E-state index in [0.29, 0.717) is 0 Å². The van der Waals surface area contributed by atoms with Crippen LogP contribution < -0.4 is 0 Å². The molecule has 0 aliphatic carbocycles. The molecule has 7 heteroatoms. The topological polar surface area (TPSA) is 94.9 Å². The van der Waals surface area contributed by atoms with Gasteiger partial charge in [0.2, 0.25) is 0 Å². The van der Waals surface area contributed by atoms with E-state index in [2.05, 4.69) is 0 Å². The minimum Gasteiger partial charge on any atom is -0.383 e. The molecule has 118 valence electrons. The molecule has 0 saturated heterocycles. The van der Waals surface area contributed by atoms with Gasteiger partial charge in [0.05, 0.1) is 0 Å². The summed E-state index contributed by atoms with van der Waals surface area (Å²) in [5.41, 5.74) is 0.751. The fourth-order valence-electron chi connectivity index (χ4n) is 1.75. The van der Waals surface area contributed by atoms with Gasteiger partial charge in [-0.15, -0.1) is 0 Å². The summed E-state index contributed by atoms with van der Waals surface area (Å²) in [5, 5.41) is 2.10. The van der Waals surface area contributed by atoms with Crippen LogP contribution in [0.25, 0.3) is 10.8 Å². The molecule has 0 heterocycles. The first-order chi connectivity index (χ1) is 10.2. The lowest BCUT2D eigenvalue weighted by Crippen LogP contribution is -2.03. The third kappa shape index (κ3) is 6.49. The summed E-state index contributed by atoms with van der Waals surface area (Å²) in [6.45, 7) is 0. The molecule has 0 radical (unpaired) electrons. The molecule has 0 aliphatic rings. The van der Waals surface area contributed by atoms with E-state index in [9.17, 15) is 4.79 Å². The van der Waals surface area contributed by atoms with E-state index in [1.807, 2.05) is 61.5 Å². The fraction of sp³-hybridized carbons (Fsp3) is 0.133. The second-order valence-corrected chi connectivity index (χ2v) is 5.51. The van der Waals surface area contributed by atoms with E-state index in [4.69, 9.17) is 17.5 Å².